The fraction of sp³-hybridized carbons (Fsp3) is 0.300. The summed E-state index contributed by atoms with van der Waals surface area (Å²) in [5.74, 6) is 0.914. The van der Waals surface area contributed by atoms with Crippen molar-refractivity contribution in [1.82, 2.24) is 9.97 Å². The Morgan fingerprint density at radius 3 is 2.64 bits per heavy atom. The summed E-state index contributed by atoms with van der Waals surface area (Å²) in [6.07, 6.45) is 5.69. The highest BCUT2D eigenvalue weighted by molar-refractivity contribution is 7.98. The summed E-state index contributed by atoms with van der Waals surface area (Å²) >= 11 is 1.73. The third-order valence-electron chi connectivity index (χ3n) is 4.35. The molecule has 1 unspecified atom stereocenters. The number of nitrogens with zero attached hydrogens (tertiary/aromatic N) is 2. The predicted octanol–water partition coefficient (Wildman–Crippen LogP) is 4.54. The SMILES string of the molecule is CC.CSc1ccc2ncnc(NC3Cc4ccc(N)cc4C3)c2c1. The molecule has 1 aliphatic rings. The van der Waals surface area contributed by atoms with Gasteiger partial charge in [0, 0.05) is 22.0 Å². The largest absolute Gasteiger partial charge is 0.399 e. The molecule has 0 radical (unpaired) electrons. The number of fused-ring (bicyclic) bond motifs is 2. The van der Waals surface area contributed by atoms with Crippen molar-refractivity contribution < 1.29 is 0 Å². The van der Waals surface area contributed by atoms with Crippen LogP contribution in [-0.4, -0.2) is 22.3 Å². The Bertz CT molecular complexity index is 879. The number of nitrogens with one attached hydrogen (secondary N) is 1. The molecule has 2 aromatic carbocycles. The van der Waals surface area contributed by atoms with E-state index in [2.05, 4.69) is 51.9 Å². The molecular weight excluding hydrogens is 328 g/mol. The lowest BCUT2D eigenvalue weighted by atomic mass is 10.1. The van der Waals surface area contributed by atoms with Gasteiger partial charge in [-0.1, -0.05) is 19.9 Å². The number of aromatic nitrogens is 2. The van der Waals surface area contributed by atoms with E-state index in [-0.39, 0.29) is 0 Å². The summed E-state index contributed by atoms with van der Waals surface area (Å²) in [4.78, 5) is 10.1. The molecule has 25 heavy (non-hydrogen) atoms. The molecule has 1 heterocycles. The third kappa shape index (κ3) is 3.71. The van der Waals surface area contributed by atoms with Gasteiger partial charge in [-0.2, -0.15) is 0 Å². The van der Waals surface area contributed by atoms with Gasteiger partial charge in [-0.3, -0.25) is 0 Å². The van der Waals surface area contributed by atoms with Gasteiger partial charge in [0.05, 0.1) is 5.52 Å². The van der Waals surface area contributed by atoms with E-state index in [1.165, 1.54) is 16.0 Å². The topological polar surface area (TPSA) is 63.8 Å². The smallest absolute Gasteiger partial charge is 0.137 e. The van der Waals surface area contributed by atoms with Crippen molar-refractivity contribution in [3.8, 4) is 0 Å². The zero-order valence-electron chi connectivity index (χ0n) is 14.9. The zero-order valence-corrected chi connectivity index (χ0v) is 15.7. The van der Waals surface area contributed by atoms with Gasteiger partial charge in [0.2, 0.25) is 0 Å². The van der Waals surface area contributed by atoms with Gasteiger partial charge in [0.25, 0.3) is 0 Å². The Kier molecular flexibility index (Phi) is 5.43. The number of hydrogen-bond acceptors (Lipinski definition) is 5. The Morgan fingerprint density at radius 2 is 1.84 bits per heavy atom. The second-order valence-corrected chi connectivity index (χ2v) is 6.76. The average Bonchev–Trinajstić information content (AvgIpc) is 3.04. The van der Waals surface area contributed by atoms with Crippen LogP contribution in [-0.2, 0) is 12.8 Å². The van der Waals surface area contributed by atoms with E-state index in [1.54, 1.807) is 18.1 Å². The highest BCUT2D eigenvalue weighted by Crippen LogP contribution is 2.29. The highest BCUT2D eigenvalue weighted by atomic mass is 32.2. The molecule has 0 saturated heterocycles. The molecule has 0 saturated carbocycles. The first-order valence-electron chi connectivity index (χ1n) is 8.65. The van der Waals surface area contributed by atoms with E-state index >= 15 is 0 Å². The first kappa shape index (κ1) is 17.5. The first-order chi connectivity index (χ1) is 12.2. The van der Waals surface area contributed by atoms with E-state index in [0.29, 0.717) is 6.04 Å². The second kappa shape index (κ2) is 7.74. The Morgan fingerprint density at radius 1 is 1.04 bits per heavy atom. The van der Waals surface area contributed by atoms with Crippen molar-refractivity contribution in [2.24, 2.45) is 0 Å². The van der Waals surface area contributed by atoms with Gasteiger partial charge < -0.3 is 11.1 Å². The maximum absolute atomic E-state index is 5.89. The fourth-order valence-electron chi connectivity index (χ4n) is 3.21. The zero-order chi connectivity index (χ0) is 17.8. The van der Waals surface area contributed by atoms with Crippen molar-refractivity contribution in [3.63, 3.8) is 0 Å². The second-order valence-electron chi connectivity index (χ2n) is 5.88. The first-order valence-corrected chi connectivity index (χ1v) is 9.88. The van der Waals surface area contributed by atoms with Crippen molar-refractivity contribution in [2.75, 3.05) is 17.3 Å². The predicted molar refractivity (Wildman–Crippen MR) is 108 cm³/mol. The molecule has 0 aliphatic heterocycles. The lowest BCUT2D eigenvalue weighted by Crippen LogP contribution is -2.20. The number of thioether (sulfide) groups is 1. The molecule has 0 bridgehead atoms. The number of nitrogen functional groups attached to an aromatic ring is 1. The minimum absolute atomic E-state index is 0.350. The monoisotopic (exact) mass is 352 g/mol. The Labute approximate surface area is 153 Å². The van der Waals surface area contributed by atoms with E-state index in [0.717, 1.165) is 35.2 Å². The molecule has 4 rings (SSSR count). The Balaban J connectivity index is 0.000000880. The number of benzene rings is 2. The van der Waals surface area contributed by atoms with Crippen LogP contribution >= 0.6 is 11.8 Å². The van der Waals surface area contributed by atoms with Crippen molar-refractivity contribution in [1.29, 1.82) is 0 Å². The van der Waals surface area contributed by atoms with E-state index < -0.39 is 0 Å². The molecular formula is C20H24N4S. The minimum Gasteiger partial charge on any atom is -0.399 e. The molecule has 0 fully saturated rings. The maximum atomic E-state index is 5.89. The Hall–Kier alpha value is -2.27. The van der Waals surface area contributed by atoms with Gasteiger partial charge >= 0.3 is 0 Å². The molecule has 1 aromatic heterocycles. The molecule has 1 aliphatic carbocycles. The van der Waals surface area contributed by atoms with E-state index in [9.17, 15) is 0 Å². The molecule has 130 valence electrons. The minimum atomic E-state index is 0.350. The van der Waals surface area contributed by atoms with Gasteiger partial charge in [-0.25, -0.2) is 9.97 Å². The van der Waals surface area contributed by atoms with Crippen LogP contribution in [0.4, 0.5) is 11.5 Å². The van der Waals surface area contributed by atoms with Crippen molar-refractivity contribution in [3.05, 3.63) is 53.9 Å². The lowest BCUT2D eigenvalue weighted by molar-refractivity contribution is 0.770. The summed E-state index contributed by atoms with van der Waals surface area (Å²) in [7, 11) is 0. The number of hydrogen-bond donors (Lipinski definition) is 2. The van der Waals surface area contributed by atoms with E-state index in [4.69, 9.17) is 5.73 Å². The van der Waals surface area contributed by atoms with Crippen LogP contribution < -0.4 is 11.1 Å². The molecule has 5 heteroatoms. The van der Waals surface area contributed by atoms with Gasteiger partial charge in [-0.05, 0) is 60.6 Å². The molecule has 3 N–H and O–H groups in total. The fourth-order valence-corrected chi connectivity index (χ4v) is 3.65. The van der Waals surface area contributed by atoms with Crippen LogP contribution in [0.2, 0.25) is 0 Å². The van der Waals surface area contributed by atoms with Gasteiger partial charge in [0.15, 0.2) is 0 Å². The molecule has 4 nitrogen and oxygen atoms in total. The van der Waals surface area contributed by atoms with Crippen LogP contribution in [0, 0.1) is 0 Å². The van der Waals surface area contributed by atoms with Crippen LogP contribution in [0.5, 0.6) is 0 Å². The lowest BCUT2D eigenvalue weighted by Gasteiger charge is -2.14. The summed E-state index contributed by atoms with van der Waals surface area (Å²) in [5.41, 5.74) is 10.4. The quantitative estimate of drug-likeness (QED) is 0.535. The summed E-state index contributed by atoms with van der Waals surface area (Å²) in [6, 6.07) is 12.9. The number of nitrogens with two attached hydrogens (primary N) is 1. The van der Waals surface area contributed by atoms with Crippen LogP contribution in [0.3, 0.4) is 0 Å². The van der Waals surface area contributed by atoms with Crippen LogP contribution in [0.15, 0.2) is 47.6 Å². The third-order valence-corrected chi connectivity index (χ3v) is 5.07. The maximum Gasteiger partial charge on any atom is 0.137 e. The average molecular weight is 353 g/mol. The molecule has 3 aromatic rings. The summed E-state index contributed by atoms with van der Waals surface area (Å²) in [5, 5.41) is 4.68. The van der Waals surface area contributed by atoms with Gasteiger partial charge in [-0.15, -0.1) is 11.8 Å². The van der Waals surface area contributed by atoms with Crippen molar-refractivity contribution >= 4 is 34.2 Å². The molecule has 1 atom stereocenters. The van der Waals surface area contributed by atoms with Gasteiger partial charge in [0.1, 0.15) is 12.1 Å². The van der Waals surface area contributed by atoms with Crippen LogP contribution in [0.1, 0.15) is 25.0 Å². The summed E-state index contributed by atoms with van der Waals surface area (Å²) < 4.78 is 0. The molecule has 0 spiro atoms. The number of anilines is 2. The van der Waals surface area contributed by atoms with Crippen LogP contribution in [0.25, 0.3) is 10.9 Å². The standard InChI is InChI=1S/C18H18N4S.C2H6/c1-23-15-4-5-17-16(9-15)18(21-10-20-17)22-14-7-11-2-3-13(19)6-12(11)8-14;1-2/h2-6,9-10,14H,7-8,19H2,1H3,(H,20,21,22);1-2H3. The van der Waals surface area contributed by atoms with Crippen molar-refractivity contribution in [2.45, 2.75) is 37.6 Å². The highest BCUT2D eigenvalue weighted by Gasteiger charge is 2.22. The van der Waals surface area contributed by atoms with E-state index in [1.807, 2.05) is 19.9 Å². The molecule has 0 amide bonds. The summed E-state index contributed by atoms with van der Waals surface area (Å²) in [6.45, 7) is 4.00. The normalized spacial score (nSPS) is 15.4. The number of rotatable bonds is 3.